The van der Waals surface area contributed by atoms with Crippen LogP contribution >= 0.6 is 0 Å². The van der Waals surface area contributed by atoms with Crippen LogP contribution in [0.2, 0.25) is 0 Å². The van der Waals surface area contributed by atoms with Crippen molar-refractivity contribution in [2.75, 3.05) is 32.7 Å². The molecule has 0 aliphatic carbocycles. The molecule has 1 aliphatic heterocycles. The second-order valence-corrected chi connectivity index (χ2v) is 7.33. The van der Waals surface area contributed by atoms with Gasteiger partial charge >= 0.3 is 6.03 Å². The van der Waals surface area contributed by atoms with Crippen molar-refractivity contribution >= 4 is 11.9 Å². The van der Waals surface area contributed by atoms with Crippen LogP contribution in [0.15, 0.2) is 54.6 Å². The topological polar surface area (TPSA) is 78.7 Å². The van der Waals surface area contributed by atoms with E-state index in [1.165, 1.54) is 16.7 Å². The quantitative estimate of drug-likeness (QED) is 0.720. The first kappa shape index (κ1) is 20.9. The molecule has 0 bridgehead atoms. The summed E-state index contributed by atoms with van der Waals surface area (Å²) in [6.45, 7) is 3.25. The van der Waals surface area contributed by atoms with Crippen LogP contribution in [0.25, 0.3) is 0 Å². The van der Waals surface area contributed by atoms with E-state index in [1.807, 2.05) is 30.3 Å². The Morgan fingerprint density at radius 3 is 2.48 bits per heavy atom. The number of nitrogens with zero attached hydrogens (tertiary/aromatic N) is 2. The Balaban J connectivity index is 1.43. The minimum absolute atomic E-state index is 0.0238. The second-order valence-electron chi connectivity index (χ2n) is 7.33. The van der Waals surface area contributed by atoms with Gasteiger partial charge in [0.1, 0.15) is 0 Å². The first-order valence-corrected chi connectivity index (χ1v) is 10.3. The maximum absolute atomic E-state index is 12.6. The molecule has 3 N–H and O–H groups in total. The highest BCUT2D eigenvalue weighted by Crippen LogP contribution is 2.18. The van der Waals surface area contributed by atoms with E-state index in [4.69, 9.17) is 5.73 Å². The highest BCUT2D eigenvalue weighted by molar-refractivity contribution is 5.78. The number of nitrogens with one attached hydrogen (secondary N) is 1. The molecule has 3 amide bonds. The van der Waals surface area contributed by atoms with Gasteiger partial charge in [-0.15, -0.1) is 0 Å². The summed E-state index contributed by atoms with van der Waals surface area (Å²) in [6.07, 6.45) is 1.95. The van der Waals surface area contributed by atoms with Gasteiger partial charge in [0.15, 0.2) is 0 Å². The van der Waals surface area contributed by atoms with Crippen LogP contribution in [-0.4, -0.2) is 54.5 Å². The van der Waals surface area contributed by atoms with E-state index in [9.17, 15) is 9.59 Å². The largest absolute Gasteiger partial charge is 0.341 e. The number of rotatable bonds is 8. The van der Waals surface area contributed by atoms with E-state index < -0.39 is 0 Å². The molecular formula is C23H30N4O2. The van der Waals surface area contributed by atoms with Crippen LogP contribution in [-0.2, 0) is 24.2 Å². The second kappa shape index (κ2) is 10.6. The van der Waals surface area contributed by atoms with Crippen molar-refractivity contribution in [3.8, 4) is 0 Å². The monoisotopic (exact) mass is 394 g/mol. The van der Waals surface area contributed by atoms with Gasteiger partial charge in [-0.25, -0.2) is 4.79 Å². The van der Waals surface area contributed by atoms with Crippen molar-refractivity contribution in [2.45, 2.75) is 25.8 Å². The van der Waals surface area contributed by atoms with Gasteiger partial charge in [0.2, 0.25) is 5.91 Å². The Morgan fingerprint density at radius 1 is 1.00 bits per heavy atom. The van der Waals surface area contributed by atoms with Crippen LogP contribution in [0, 0.1) is 0 Å². The Bertz CT molecular complexity index is 810. The molecule has 1 aliphatic rings. The summed E-state index contributed by atoms with van der Waals surface area (Å²) in [5, 5.41) is 2.89. The SMILES string of the molecule is NCCN(CCc1ccccc1)C(=O)CCNC(=O)N1CCc2ccccc2C1. The van der Waals surface area contributed by atoms with Gasteiger partial charge < -0.3 is 20.9 Å². The Morgan fingerprint density at radius 2 is 1.72 bits per heavy atom. The Kier molecular flexibility index (Phi) is 7.64. The van der Waals surface area contributed by atoms with E-state index in [1.54, 1.807) is 9.80 Å². The highest BCUT2D eigenvalue weighted by atomic mass is 16.2. The van der Waals surface area contributed by atoms with Gasteiger partial charge in [-0.2, -0.15) is 0 Å². The molecule has 6 heteroatoms. The minimum Gasteiger partial charge on any atom is -0.341 e. The van der Waals surface area contributed by atoms with Gasteiger partial charge in [-0.05, 0) is 29.5 Å². The average molecular weight is 395 g/mol. The number of fused-ring (bicyclic) bond motifs is 1. The van der Waals surface area contributed by atoms with Crippen LogP contribution < -0.4 is 11.1 Å². The van der Waals surface area contributed by atoms with Gasteiger partial charge in [0, 0.05) is 45.7 Å². The number of urea groups is 1. The lowest BCUT2D eigenvalue weighted by atomic mass is 10.0. The summed E-state index contributed by atoms with van der Waals surface area (Å²) in [4.78, 5) is 28.6. The van der Waals surface area contributed by atoms with Gasteiger partial charge in [-0.1, -0.05) is 54.6 Å². The van der Waals surface area contributed by atoms with Gasteiger partial charge in [0.25, 0.3) is 0 Å². The highest BCUT2D eigenvalue weighted by Gasteiger charge is 2.20. The van der Waals surface area contributed by atoms with Crippen LogP contribution in [0.1, 0.15) is 23.1 Å². The van der Waals surface area contributed by atoms with Crippen molar-refractivity contribution in [1.29, 1.82) is 0 Å². The number of nitrogens with two attached hydrogens (primary N) is 1. The van der Waals surface area contributed by atoms with Crippen molar-refractivity contribution < 1.29 is 9.59 Å². The predicted molar refractivity (Wildman–Crippen MR) is 114 cm³/mol. The number of carbonyl (C=O) groups is 2. The minimum atomic E-state index is -0.109. The lowest BCUT2D eigenvalue weighted by Gasteiger charge is -2.29. The van der Waals surface area contributed by atoms with E-state index in [0.29, 0.717) is 39.3 Å². The van der Waals surface area contributed by atoms with Gasteiger partial charge in [-0.3, -0.25) is 4.79 Å². The smallest absolute Gasteiger partial charge is 0.317 e. The maximum atomic E-state index is 12.6. The third-order valence-corrected chi connectivity index (χ3v) is 5.30. The fraction of sp³-hybridized carbons (Fsp3) is 0.391. The number of benzene rings is 2. The maximum Gasteiger partial charge on any atom is 0.317 e. The van der Waals surface area contributed by atoms with Crippen LogP contribution in [0.4, 0.5) is 4.79 Å². The molecule has 0 saturated carbocycles. The number of hydrogen-bond donors (Lipinski definition) is 2. The number of carbonyl (C=O) groups excluding carboxylic acids is 2. The summed E-state index contributed by atoms with van der Waals surface area (Å²) in [6, 6.07) is 18.2. The number of hydrogen-bond acceptors (Lipinski definition) is 3. The third kappa shape index (κ3) is 6.06. The molecule has 1 heterocycles. The first-order valence-electron chi connectivity index (χ1n) is 10.3. The summed E-state index contributed by atoms with van der Waals surface area (Å²) in [5.41, 5.74) is 9.38. The normalized spacial score (nSPS) is 12.9. The van der Waals surface area contributed by atoms with E-state index in [0.717, 1.165) is 12.8 Å². The van der Waals surface area contributed by atoms with Crippen molar-refractivity contribution in [3.05, 3.63) is 71.3 Å². The fourth-order valence-electron chi connectivity index (χ4n) is 3.64. The standard InChI is InChI=1S/C23H30N4O2/c24-13-17-26(15-11-19-6-2-1-3-7-19)22(28)10-14-25-23(29)27-16-12-20-8-4-5-9-21(20)18-27/h1-9H,10-18,24H2,(H,25,29). The van der Waals surface area contributed by atoms with Crippen LogP contribution in [0.5, 0.6) is 0 Å². The molecule has 0 unspecified atom stereocenters. The molecule has 154 valence electrons. The summed E-state index contributed by atoms with van der Waals surface area (Å²) in [5.74, 6) is 0.0238. The van der Waals surface area contributed by atoms with E-state index in [-0.39, 0.29) is 18.4 Å². The van der Waals surface area contributed by atoms with Crippen molar-refractivity contribution in [2.24, 2.45) is 5.73 Å². The Labute approximate surface area is 172 Å². The summed E-state index contributed by atoms with van der Waals surface area (Å²) in [7, 11) is 0. The molecular weight excluding hydrogens is 364 g/mol. The molecule has 3 rings (SSSR count). The molecule has 2 aromatic carbocycles. The zero-order valence-corrected chi connectivity index (χ0v) is 16.8. The van der Waals surface area contributed by atoms with E-state index >= 15 is 0 Å². The molecule has 0 aromatic heterocycles. The lowest BCUT2D eigenvalue weighted by molar-refractivity contribution is -0.130. The van der Waals surface area contributed by atoms with Crippen LogP contribution in [0.3, 0.4) is 0 Å². The molecule has 0 radical (unpaired) electrons. The number of amides is 3. The molecule has 29 heavy (non-hydrogen) atoms. The predicted octanol–water partition coefficient (Wildman–Crippen LogP) is 2.17. The van der Waals surface area contributed by atoms with E-state index in [2.05, 4.69) is 29.6 Å². The lowest BCUT2D eigenvalue weighted by Crippen LogP contribution is -2.44. The van der Waals surface area contributed by atoms with Gasteiger partial charge in [0.05, 0.1) is 0 Å². The molecule has 0 spiro atoms. The zero-order valence-electron chi connectivity index (χ0n) is 16.8. The summed E-state index contributed by atoms with van der Waals surface area (Å²) >= 11 is 0. The van der Waals surface area contributed by atoms with Crippen molar-refractivity contribution in [1.82, 2.24) is 15.1 Å². The third-order valence-electron chi connectivity index (χ3n) is 5.30. The molecule has 6 nitrogen and oxygen atoms in total. The Hall–Kier alpha value is -2.86. The molecule has 0 atom stereocenters. The first-order chi connectivity index (χ1) is 14.2. The summed E-state index contributed by atoms with van der Waals surface area (Å²) < 4.78 is 0. The molecule has 0 saturated heterocycles. The zero-order chi connectivity index (χ0) is 20.5. The average Bonchev–Trinajstić information content (AvgIpc) is 2.76. The fourth-order valence-corrected chi connectivity index (χ4v) is 3.64. The molecule has 0 fully saturated rings. The van der Waals surface area contributed by atoms with Crippen molar-refractivity contribution in [3.63, 3.8) is 0 Å². The molecule has 2 aromatic rings.